The molecule has 0 N–H and O–H groups in total. The maximum atomic E-state index is 6.37. The lowest BCUT2D eigenvalue weighted by Gasteiger charge is -2.33. The summed E-state index contributed by atoms with van der Waals surface area (Å²) in [6, 6.07) is 5.59. The predicted octanol–water partition coefficient (Wildman–Crippen LogP) is 3.83. The summed E-state index contributed by atoms with van der Waals surface area (Å²) in [6.45, 7) is 2.11. The Morgan fingerprint density at radius 2 is 2.25 bits per heavy atom. The minimum atomic E-state index is -0.406. The van der Waals surface area contributed by atoms with Crippen molar-refractivity contribution < 1.29 is 4.74 Å². The van der Waals surface area contributed by atoms with E-state index >= 15 is 0 Å². The number of hydrogen-bond donors (Lipinski definition) is 0. The average molecular weight is 379 g/mol. The van der Waals surface area contributed by atoms with Crippen LogP contribution in [0.1, 0.15) is 18.4 Å². The standard InChI is InChI=1S/C13H14BrCl2N3O/c14-18-8-17-19(9-18)7-13(4-1-5-20-13)11-3-2-10(15)6-12(11)16/h2-3,6,8H,1,4-5,7,9H2. The molecule has 2 aliphatic heterocycles. The van der Waals surface area contributed by atoms with Crippen LogP contribution >= 0.6 is 39.3 Å². The van der Waals surface area contributed by atoms with Crippen LogP contribution in [0.3, 0.4) is 0 Å². The number of hydrazone groups is 1. The summed E-state index contributed by atoms with van der Waals surface area (Å²) in [5.74, 6) is 0. The van der Waals surface area contributed by atoms with Crippen molar-refractivity contribution in [2.75, 3.05) is 19.8 Å². The third-order valence-corrected chi connectivity index (χ3v) is 4.56. The van der Waals surface area contributed by atoms with E-state index in [2.05, 4.69) is 21.2 Å². The summed E-state index contributed by atoms with van der Waals surface area (Å²) in [4.78, 5) is 0. The largest absolute Gasteiger partial charge is 0.368 e. The lowest BCUT2D eigenvalue weighted by atomic mass is 9.90. The highest BCUT2D eigenvalue weighted by atomic mass is 79.9. The Balaban J connectivity index is 1.89. The molecule has 0 bridgehead atoms. The summed E-state index contributed by atoms with van der Waals surface area (Å²) in [6.07, 6.45) is 3.70. The second-order valence-corrected chi connectivity index (χ2v) is 6.76. The maximum absolute atomic E-state index is 6.37. The van der Waals surface area contributed by atoms with E-state index in [4.69, 9.17) is 27.9 Å². The second-order valence-electron chi connectivity index (χ2n) is 5.01. The summed E-state index contributed by atoms with van der Waals surface area (Å²) in [5.41, 5.74) is 0.585. The van der Waals surface area contributed by atoms with Gasteiger partial charge in [-0.1, -0.05) is 29.3 Å². The molecule has 20 heavy (non-hydrogen) atoms. The molecule has 0 amide bonds. The van der Waals surface area contributed by atoms with Gasteiger partial charge in [0.15, 0.2) is 0 Å². The Bertz CT molecular complexity index is 534. The van der Waals surface area contributed by atoms with Gasteiger partial charge in [0.1, 0.15) is 18.6 Å². The van der Waals surface area contributed by atoms with Gasteiger partial charge < -0.3 is 4.74 Å². The fraction of sp³-hybridized carbons (Fsp3) is 0.462. The molecule has 0 saturated carbocycles. The van der Waals surface area contributed by atoms with Crippen LogP contribution in [0.25, 0.3) is 0 Å². The van der Waals surface area contributed by atoms with Gasteiger partial charge in [-0.05, 0) is 25.0 Å². The topological polar surface area (TPSA) is 28.1 Å². The van der Waals surface area contributed by atoms with E-state index in [9.17, 15) is 0 Å². The number of ether oxygens (including phenoxy) is 1. The normalized spacial score (nSPS) is 25.8. The van der Waals surface area contributed by atoms with Crippen molar-refractivity contribution in [1.29, 1.82) is 0 Å². The molecule has 0 aromatic heterocycles. The van der Waals surface area contributed by atoms with Crippen LogP contribution < -0.4 is 0 Å². The average Bonchev–Trinajstić information content (AvgIpc) is 3.00. The van der Waals surface area contributed by atoms with Crippen LogP contribution in [0.15, 0.2) is 23.3 Å². The molecule has 1 fully saturated rings. The minimum Gasteiger partial charge on any atom is -0.368 e. The first kappa shape index (κ1) is 14.4. The molecule has 1 saturated heterocycles. The summed E-state index contributed by atoms with van der Waals surface area (Å²) in [7, 11) is 0. The van der Waals surface area contributed by atoms with E-state index in [0.29, 0.717) is 23.3 Å². The highest BCUT2D eigenvalue weighted by Crippen LogP contribution is 2.41. The van der Waals surface area contributed by atoms with Crippen molar-refractivity contribution in [3.05, 3.63) is 33.8 Å². The van der Waals surface area contributed by atoms with Crippen molar-refractivity contribution in [3.63, 3.8) is 0 Å². The predicted molar refractivity (Wildman–Crippen MR) is 84.2 cm³/mol. The van der Waals surface area contributed by atoms with Crippen LogP contribution in [0, 0.1) is 0 Å². The molecule has 1 aromatic carbocycles. The monoisotopic (exact) mass is 377 g/mol. The van der Waals surface area contributed by atoms with E-state index in [-0.39, 0.29) is 0 Å². The Labute approximate surface area is 136 Å². The third-order valence-electron chi connectivity index (χ3n) is 3.60. The van der Waals surface area contributed by atoms with Gasteiger partial charge in [0.25, 0.3) is 0 Å². The lowest BCUT2D eigenvalue weighted by molar-refractivity contribution is -0.0275. The molecule has 2 heterocycles. The quantitative estimate of drug-likeness (QED) is 0.748. The molecule has 0 aliphatic carbocycles. The van der Waals surface area contributed by atoms with Gasteiger partial charge in [0.2, 0.25) is 0 Å². The summed E-state index contributed by atoms with van der Waals surface area (Å²) < 4.78 is 7.91. The van der Waals surface area contributed by atoms with Crippen molar-refractivity contribution in [2.24, 2.45) is 5.10 Å². The highest BCUT2D eigenvalue weighted by molar-refractivity contribution is 9.07. The zero-order valence-corrected chi connectivity index (χ0v) is 13.8. The number of nitrogens with zero attached hydrogens (tertiary/aromatic N) is 3. The van der Waals surface area contributed by atoms with Crippen molar-refractivity contribution in [1.82, 2.24) is 8.93 Å². The Morgan fingerprint density at radius 3 is 2.85 bits per heavy atom. The molecule has 3 rings (SSSR count). The van der Waals surface area contributed by atoms with E-state index in [1.165, 1.54) is 0 Å². The Morgan fingerprint density at radius 1 is 1.40 bits per heavy atom. The van der Waals surface area contributed by atoms with E-state index in [1.54, 1.807) is 12.4 Å². The fourth-order valence-corrected chi connectivity index (χ4v) is 3.64. The van der Waals surface area contributed by atoms with Gasteiger partial charge in [-0.15, -0.1) is 0 Å². The molecule has 4 nitrogen and oxygen atoms in total. The van der Waals surface area contributed by atoms with Crippen LogP contribution in [0.5, 0.6) is 0 Å². The maximum Gasteiger partial charge on any atom is 0.123 e. The first-order chi connectivity index (χ1) is 9.59. The number of benzene rings is 1. The summed E-state index contributed by atoms with van der Waals surface area (Å²) in [5, 5.41) is 7.59. The number of rotatable bonds is 3. The van der Waals surface area contributed by atoms with Crippen LogP contribution in [-0.2, 0) is 10.3 Å². The van der Waals surface area contributed by atoms with Crippen molar-refractivity contribution in [3.8, 4) is 0 Å². The molecule has 7 heteroatoms. The molecule has 0 spiro atoms. The Kier molecular flexibility index (Phi) is 4.13. The van der Waals surface area contributed by atoms with Gasteiger partial charge in [-0.3, -0.25) is 8.93 Å². The molecule has 1 atom stereocenters. The first-order valence-corrected chi connectivity index (χ1v) is 7.87. The number of halogens is 3. The van der Waals surface area contributed by atoms with Crippen LogP contribution in [0.2, 0.25) is 10.0 Å². The van der Waals surface area contributed by atoms with Gasteiger partial charge in [0, 0.05) is 22.2 Å². The molecule has 2 aliphatic rings. The molecular weight excluding hydrogens is 365 g/mol. The first-order valence-electron chi connectivity index (χ1n) is 6.40. The molecule has 0 radical (unpaired) electrons. The molecule has 1 unspecified atom stereocenters. The number of hydrogen-bond acceptors (Lipinski definition) is 4. The SMILES string of the molecule is Clc1ccc(C2(CN3CN(Br)C=N3)CCCO2)c(Cl)c1. The van der Waals surface area contributed by atoms with Gasteiger partial charge in [-0.2, -0.15) is 5.10 Å². The molecular formula is C13H14BrCl2N3O. The van der Waals surface area contributed by atoms with Crippen LogP contribution in [0.4, 0.5) is 0 Å². The zero-order chi connectivity index (χ0) is 14.2. The van der Waals surface area contributed by atoms with Crippen molar-refractivity contribution in [2.45, 2.75) is 18.4 Å². The Hall–Kier alpha value is -0.490. The van der Waals surface area contributed by atoms with E-state index in [1.807, 2.05) is 21.1 Å². The molecule has 1 aromatic rings. The van der Waals surface area contributed by atoms with Gasteiger partial charge >= 0.3 is 0 Å². The van der Waals surface area contributed by atoms with Gasteiger partial charge in [0.05, 0.1) is 22.7 Å². The van der Waals surface area contributed by atoms with Crippen LogP contribution in [-0.4, -0.2) is 35.1 Å². The third kappa shape index (κ3) is 2.77. The fourth-order valence-electron chi connectivity index (χ4n) is 2.72. The smallest absolute Gasteiger partial charge is 0.123 e. The van der Waals surface area contributed by atoms with E-state index < -0.39 is 5.60 Å². The highest BCUT2D eigenvalue weighted by Gasteiger charge is 2.41. The lowest BCUT2D eigenvalue weighted by Crippen LogP contribution is -2.38. The minimum absolute atomic E-state index is 0.406. The second kappa shape index (κ2) is 5.72. The summed E-state index contributed by atoms with van der Waals surface area (Å²) >= 11 is 15.7. The van der Waals surface area contributed by atoms with Gasteiger partial charge in [-0.25, -0.2) is 0 Å². The molecule has 108 valence electrons. The van der Waals surface area contributed by atoms with E-state index in [0.717, 1.165) is 25.0 Å². The zero-order valence-electron chi connectivity index (χ0n) is 10.7. The van der Waals surface area contributed by atoms with Crippen molar-refractivity contribution >= 4 is 45.7 Å².